The van der Waals surface area contributed by atoms with E-state index in [9.17, 15) is 4.79 Å². The summed E-state index contributed by atoms with van der Waals surface area (Å²) in [5.74, 6) is 0.794. The number of hydrogen-bond acceptors (Lipinski definition) is 5. The SMILES string of the molecule is CC(=O)N1N=C(c2ccccc2OCc2ccc(Br)cc2)OC1Cn1nc(C)cc1C. The highest BCUT2D eigenvalue weighted by atomic mass is 79.9. The topological polar surface area (TPSA) is 69.0 Å². The molecule has 1 atom stereocenters. The second kappa shape index (κ2) is 8.93. The third kappa shape index (κ3) is 4.80. The quantitative estimate of drug-likeness (QED) is 0.521. The summed E-state index contributed by atoms with van der Waals surface area (Å²) in [4.78, 5) is 12.2. The molecule has 1 unspecified atom stereocenters. The first-order chi connectivity index (χ1) is 14.9. The monoisotopic (exact) mass is 482 g/mol. The molecule has 4 rings (SSSR count). The van der Waals surface area contributed by atoms with Crippen molar-refractivity contribution < 1.29 is 14.3 Å². The Hall–Kier alpha value is -3.13. The van der Waals surface area contributed by atoms with Gasteiger partial charge >= 0.3 is 0 Å². The number of benzene rings is 2. The number of hydrogen-bond donors (Lipinski definition) is 0. The predicted molar refractivity (Wildman–Crippen MR) is 121 cm³/mol. The lowest BCUT2D eigenvalue weighted by Crippen LogP contribution is -2.36. The second-order valence-corrected chi connectivity index (χ2v) is 8.28. The molecule has 1 aliphatic heterocycles. The fourth-order valence-electron chi connectivity index (χ4n) is 3.39. The van der Waals surface area contributed by atoms with Crippen LogP contribution in [0.5, 0.6) is 5.75 Å². The van der Waals surface area contributed by atoms with E-state index < -0.39 is 6.23 Å². The molecule has 31 heavy (non-hydrogen) atoms. The van der Waals surface area contributed by atoms with Crippen molar-refractivity contribution in [1.29, 1.82) is 0 Å². The first-order valence-electron chi connectivity index (χ1n) is 9.93. The number of hydrazone groups is 1. The van der Waals surface area contributed by atoms with Crippen LogP contribution in [0.4, 0.5) is 0 Å². The summed E-state index contributed by atoms with van der Waals surface area (Å²) in [5.41, 5.74) is 3.65. The van der Waals surface area contributed by atoms with Crippen LogP contribution in [0.15, 0.2) is 64.2 Å². The predicted octanol–water partition coefficient (Wildman–Crippen LogP) is 4.41. The van der Waals surface area contributed by atoms with Gasteiger partial charge in [0.05, 0.1) is 17.8 Å². The molecule has 0 radical (unpaired) electrons. The molecular weight excluding hydrogens is 460 g/mol. The lowest BCUT2D eigenvalue weighted by Gasteiger charge is -2.19. The zero-order chi connectivity index (χ0) is 22.0. The van der Waals surface area contributed by atoms with E-state index in [0.717, 1.165) is 21.4 Å². The number of ether oxygens (including phenoxy) is 2. The molecule has 160 valence electrons. The van der Waals surface area contributed by atoms with Crippen LogP contribution in [0.3, 0.4) is 0 Å². The Morgan fingerprint density at radius 2 is 1.90 bits per heavy atom. The first kappa shape index (κ1) is 21.1. The largest absolute Gasteiger partial charge is 0.488 e. The smallest absolute Gasteiger partial charge is 0.244 e. The fourth-order valence-corrected chi connectivity index (χ4v) is 3.65. The molecule has 0 bridgehead atoms. The van der Waals surface area contributed by atoms with E-state index in [4.69, 9.17) is 9.47 Å². The normalized spacial score (nSPS) is 15.5. The van der Waals surface area contributed by atoms with E-state index >= 15 is 0 Å². The van der Waals surface area contributed by atoms with Crippen LogP contribution in [0.2, 0.25) is 0 Å². The van der Waals surface area contributed by atoms with Gasteiger partial charge in [-0.2, -0.15) is 10.1 Å². The van der Waals surface area contributed by atoms with Crippen LogP contribution in [0, 0.1) is 13.8 Å². The number of para-hydroxylation sites is 1. The van der Waals surface area contributed by atoms with Crippen LogP contribution in [0.25, 0.3) is 0 Å². The van der Waals surface area contributed by atoms with E-state index in [1.165, 1.54) is 11.9 Å². The average molecular weight is 483 g/mol. The Balaban J connectivity index is 1.54. The maximum absolute atomic E-state index is 12.2. The number of carbonyl (C=O) groups is 1. The van der Waals surface area contributed by atoms with Crippen LogP contribution in [0.1, 0.15) is 29.4 Å². The molecule has 1 aliphatic rings. The highest BCUT2D eigenvalue weighted by Crippen LogP contribution is 2.26. The molecule has 2 heterocycles. The lowest BCUT2D eigenvalue weighted by molar-refractivity contribution is -0.135. The van der Waals surface area contributed by atoms with Crippen molar-refractivity contribution in [3.8, 4) is 5.75 Å². The van der Waals surface area contributed by atoms with Crippen molar-refractivity contribution in [2.24, 2.45) is 5.10 Å². The Morgan fingerprint density at radius 3 is 2.58 bits per heavy atom. The second-order valence-electron chi connectivity index (χ2n) is 7.36. The van der Waals surface area contributed by atoms with Crippen molar-refractivity contribution >= 4 is 27.7 Å². The molecule has 0 N–H and O–H groups in total. The van der Waals surface area contributed by atoms with Crippen molar-refractivity contribution in [2.75, 3.05) is 0 Å². The summed E-state index contributed by atoms with van der Waals surface area (Å²) in [5, 5.41) is 10.3. The van der Waals surface area contributed by atoms with Crippen LogP contribution >= 0.6 is 15.9 Å². The van der Waals surface area contributed by atoms with E-state index in [-0.39, 0.29) is 5.91 Å². The molecule has 0 saturated heterocycles. The van der Waals surface area contributed by atoms with Gasteiger partial charge < -0.3 is 9.47 Å². The number of aryl methyl sites for hydroxylation is 2. The molecule has 0 spiro atoms. The highest BCUT2D eigenvalue weighted by molar-refractivity contribution is 9.10. The summed E-state index contributed by atoms with van der Waals surface area (Å²) in [6.45, 7) is 6.17. The van der Waals surface area contributed by atoms with Gasteiger partial charge in [0.15, 0.2) is 0 Å². The van der Waals surface area contributed by atoms with Crippen molar-refractivity contribution in [3.63, 3.8) is 0 Å². The maximum Gasteiger partial charge on any atom is 0.244 e. The number of halogens is 1. The molecule has 7 nitrogen and oxygen atoms in total. The summed E-state index contributed by atoms with van der Waals surface area (Å²) >= 11 is 3.44. The van der Waals surface area contributed by atoms with Crippen LogP contribution < -0.4 is 4.74 Å². The van der Waals surface area contributed by atoms with E-state index in [0.29, 0.717) is 30.4 Å². The minimum atomic E-state index is -0.579. The number of amides is 1. The van der Waals surface area contributed by atoms with E-state index in [2.05, 4.69) is 26.1 Å². The van der Waals surface area contributed by atoms with Gasteiger partial charge in [-0.3, -0.25) is 9.48 Å². The molecule has 0 saturated carbocycles. The Kier molecular flexibility index (Phi) is 6.08. The van der Waals surface area contributed by atoms with Gasteiger partial charge in [-0.15, -0.1) is 5.10 Å². The van der Waals surface area contributed by atoms with Gasteiger partial charge in [0, 0.05) is 17.1 Å². The van der Waals surface area contributed by atoms with Gasteiger partial charge in [0.25, 0.3) is 0 Å². The Bertz CT molecular complexity index is 1120. The molecule has 0 aliphatic carbocycles. The zero-order valence-corrected chi connectivity index (χ0v) is 19.2. The number of rotatable bonds is 6. The first-order valence-corrected chi connectivity index (χ1v) is 10.7. The molecule has 2 aromatic carbocycles. The van der Waals surface area contributed by atoms with E-state index in [1.54, 1.807) is 0 Å². The van der Waals surface area contributed by atoms with Gasteiger partial charge in [-0.05, 0) is 49.7 Å². The third-order valence-electron chi connectivity index (χ3n) is 4.90. The standard InChI is InChI=1S/C23H23BrN4O3/c1-15-12-16(2)27(25-15)13-22-28(17(3)29)26-23(31-22)20-6-4-5-7-21(20)30-14-18-8-10-19(24)11-9-18/h4-12,22H,13-14H2,1-3H3. The minimum absolute atomic E-state index is 0.199. The van der Waals surface area contributed by atoms with Gasteiger partial charge in [0.2, 0.25) is 18.0 Å². The Labute approximate surface area is 189 Å². The molecule has 3 aromatic rings. The molecule has 1 amide bonds. The summed E-state index contributed by atoms with van der Waals surface area (Å²) < 4.78 is 15.0. The van der Waals surface area contributed by atoms with Crippen LogP contribution in [-0.2, 0) is 22.7 Å². The molecule has 8 heteroatoms. The lowest BCUT2D eigenvalue weighted by atomic mass is 10.2. The van der Waals surface area contributed by atoms with Crippen molar-refractivity contribution in [3.05, 3.63) is 81.6 Å². The van der Waals surface area contributed by atoms with Gasteiger partial charge in [0.1, 0.15) is 12.4 Å². The average Bonchev–Trinajstić information content (AvgIpc) is 3.30. The zero-order valence-electron chi connectivity index (χ0n) is 17.6. The summed E-state index contributed by atoms with van der Waals surface area (Å²) in [7, 11) is 0. The summed E-state index contributed by atoms with van der Waals surface area (Å²) in [6, 6.07) is 17.5. The van der Waals surface area contributed by atoms with Gasteiger partial charge in [-0.25, -0.2) is 0 Å². The summed E-state index contributed by atoms with van der Waals surface area (Å²) in [6.07, 6.45) is -0.579. The highest BCUT2D eigenvalue weighted by Gasteiger charge is 2.33. The van der Waals surface area contributed by atoms with Crippen molar-refractivity contribution in [2.45, 2.75) is 40.2 Å². The number of carbonyl (C=O) groups excluding carboxylic acids is 1. The third-order valence-corrected chi connectivity index (χ3v) is 5.43. The fraction of sp³-hybridized carbons (Fsp3) is 0.261. The maximum atomic E-state index is 12.2. The molecule has 1 aromatic heterocycles. The number of nitrogens with zero attached hydrogens (tertiary/aromatic N) is 4. The number of aromatic nitrogens is 2. The van der Waals surface area contributed by atoms with Crippen molar-refractivity contribution in [1.82, 2.24) is 14.8 Å². The molecular formula is C23H23BrN4O3. The van der Waals surface area contributed by atoms with Crippen LogP contribution in [-0.4, -0.2) is 32.8 Å². The minimum Gasteiger partial charge on any atom is -0.488 e. The Morgan fingerprint density at radius 1 is 1.16 bits per heavy atom. The van der Waals surface area contributed by atoms with Gasteiger partial charge in [-0.1, -0.05) is 40.2 Å². The van der Waals surface area contributed by atoms with E-state index in [1.807, 2.05) is 73.1 Å². The molecule has 0 fully saturated rings.